The van der Waals surface area contributed by atoms with Crippen molar-refractivity contribution in [3.05, 3.63) is 71.6 Å². The van der Waals surface area contributed by atoms with Crippen molar-refractivity contribution < 1.29 is 18.7 Å². The summed E-state index contributed by atoms with van der Waals surface area (Å²) in [7, 11) is 0. The SMILES string of the molecule is CC(C)(C)C(NC(=O)C=Cc1ccc(OCC(N)=O)cc1)c1ccc(F)cc1. The highest BCUT2D eigenvalue weighted by molar-refractivity contribution is 5.92. The zero-order valence-corrected chi connectivity index (χ0v) is 16.2. The molecule has 2 aromatic rings. The molecule has 3 N–H and O–H groups in total. The number of hydrogen-bond donors (Lipinski definition) is 2. The summed E-state index contributed by atoms with van der Waals surface area (Å²) >= 11 is 0. The number of amides is 2. The van der Waals surface area contributed by atoms with Crippen LogP contribution >= 0.6 is 0 Å². The maximum atomic E-state index is 13.2. The van der Waals surface area contributed by atoms with Crippen LogP contribution in [0.15, 0.2) is 54.6 Å². The van der Waals surface area contributed by atoms with Crippen LogP contribution in [0.2, 0.25) is 0 Å². The molecular weight excluding hydrogens is 359 g/mol. The molecule has 0 radical (unpaired) electrons. The molecule has 1 atom stereocenters. The van der Waals surface area contributed by atoms with Gasteiger partial charge in [0.15, 0.2) is 6.61 Å². The van der Waals surface area contributed by atoms with E-state index in [0.29, 0.717) is 5.75 Å². The summed E-state index contributed by atoms with van der Waals surface area (Å²) in [5, 5.41) is 2.98. The van der Waals surface area contributed by atoms with Crippen molar-refractivity contribution in [1.29, 1.82) is 0 Å². The fourth-order valence-electron chi connectivity index (χ4n) is 2.65. The molecule has 6 heteroatoms. The van der Waals surface area contributed by atoms with E-state index in [9.17, 15) is 14.0 Å². The Kier molecular flexibility index (Phi) is 6.93. The van der Waals surface area contributed by atoms with Gasteiger partial charge < -0.3 is 15.8 Å². The van der Waals surface area contributed by atoms with Crippen molar-refractivity contribution in [2.45, 2.75) is 26.8 Å². The fourth-order valence-corrected chi connectivity index (χ4v) is 2.65. The first kappa shape index (κ1) is 21.2. The number of rotatable bonds is 7. The van der Waals surface area contributed by atoms with Crippen LogP contribution in [-0.2, 0) is 9.59 Å². The van der Waals surface area contributed by atoms with Crippen LogP contribution in [0.1, 0.15) is 37.9 Å². The van der Waals surface area contributed by atoms with E-state index < -0.39 is 5.91 Å². The van der Waals surface area contributed by atoms with Gasteiger partial charge >= 0.3 is 0 Å². The molecule has 0 spiro atoms. The molecule has 0 heterocycles. The molecule has 0 aliphatic rings. The third-order valence-electron chi connectivity index (χ3n) is 4.04. The highest BCUT2D eigenvalue weighted by Crippen LogP contribution is 2.32. The third kappa shape index (κ3) is 6.54. The average molecular weight is 384 g/mol. The standard InChI is InChI=1S/C22H25FN2O3/c1-22(2,3)21(16-7-9-17(23)10-8-16)25-20(27)13-6-15-4-11-18(12-5-15)28-14-19(24)26/h4-13,21H,14H2,1-3H3,(H2,24,26)(H,25,27). The van der Waals surface area contributed by atoms with E-state index in [2.05, 4.69) is 5.32 Å². The lowest BCUT2D eigenvalue weighted by molar-refractivity contribution is -0.120. The molecule has 0 aromatic heterocycles. The van der Waals surface area contributed by atoms with Gasteiger partial charge in [-0.1, -0.05) is 45.0 Å². The second kappa shape index (κ2) is 9.17. The Morgan fingerprint density at radius 1 is 1.11 bits per heavy atom. The normalized spacial score (nSPS) is 12.6. The number of ether oxygens (including phenoxy) is 1. The van der Waals surface area contributed by atoms with Gasteiger partial charge in [0.1, 0.15) is 11.6 Å². The quantitative estimate of drug-likeness (QED) is 0.716. The summed E-state index contributed by atoms with van der Waals surface area (Å²) in [6.45, 7) is 5.84. The Labute approximate surface area is 164 Å². The molecule has 0 aliphatic carbocycles. The first-order valence-electron chi connectivity index (χ1n) is 8.90. The van der Waals surface area contributed by atoms with Crippen molar-refractivity contribution in [2.24, 2.45) is 11.1 Å². The molecule has 1 unspecified atom stereocenters. The predicted octanol–water partition coefficient (Wildman–Crippen LogP) is 3.61. The summed E-state index contributed by atoms with van der Waals surface area (Å²) in [5.74, 6) is -0.594. The van der Waals surface area contributed by atoms with Crippen molar-refractivity contribution in [2.75, 3.05) is 6.61 Å². The minimum absolute atomic E-state index is 0.185. The van der Waals surface area contributed by atoms with E-state index in [0.717, 1.165) is 11.1 Å². The van der Waals surface area contributed by atoms with Crippen LogP contribution < -0.4 is 15.8 Å². The highest BCUT2D eigenvalue weighted by Gasteiger charge is 2.27. The lowest BCUT2D eigenvalue weighted by atomic mass is 9.82. The molecule has 0 aliphatic heterocycles. The van der Waals surface area contributed by atoms with Gasteiger partial charge in [-0.15, -0.1) is 0 Å². The van der Waals surface area contributed by atoms with Gasteiger partial charge in [0.05, 0.1) is 6.04 Å². The highest BCUT2D eigenvalue weighted by atomic mass is 19.1. The minimum Gasteiger partial charge on any atom is -0.484 e. The number of primary amides is 1. The first-order chi connectivity index (χ1) is 13.1. The molecule has 5 nitrogen and oxygen atoms in total. The van der Waals surface area contributed by atoms with Crippen molar-refractivity contribution in [3.63, 3.8) is 0 Å². The lowest BCUT2D eigenvalue weighted by Gasteiger charge is -2.31. The molecule has 2 amide bonds. The molecule has 2 aromatic carbocycles. The maximum Gasteiger partial charge on any atom is 0.255 e. The second-order valence-electron chi connectivity index (χ2n) is 7.52. The largest absolute Gasteiger partial charge is 0.484 e. The Hall–Kier alpha value is -3.15. The van der Waals surface area contributed by atoms with Crippen LogP contribution in [0.3, 0.4) is 0 Å². The van der Waals surface area contributed by atoms with E-state index >= 15 is 0 Å². The Balaban J connectivity index is 2.03. The van der Waals surface area contributed by atoms with Crippen molar-refractivity contribution >= 4 is 17.9 Å². The molecule has 0 bridgehead atoms. The molecule has 0 saturated carbocycles. The average Bonchev–Trinajstić information content (AvgIpc) is 2.63. The zero-order valence-electron chi connectivity index (χ0n) is 16.2. The van der Waals surface area contributed by atoms with Gasteiger partial charge in [-0.3, -0.25) is 9.59 Å². The van der Waals surface area contributed by atoms with Gasteiger partial charge in [-0.2, -0.15) is 0 Å². The number of hydrogen-bond acceptors (Lipinski definition) is 3. The minimum atomic E-state index is -0.546. The van der Waals surface area contributed by atoms with Crippen LogP contribution in [0.5, 0.6) is 5.75 Å². The van der Waals surface area contributed by atoms with Crippen molar-refractivity contribution in [1.82, 2.24) is 5.32 Å². The third-order valence-corrected chi connectivity index (χ3v) is 4.04. The number of halogens is 1. The summed E-state index contributed by atoms with van der Waals surface area (Å²) < 4.78 is 18.4. The number of benzene rings is 2. The van der Waals surface area contributed by atoms with E-state index in [1.54, 1.807) is 42.5 Å². The Bertz CT molecular complexity index is 838. The van der Waals surface area contributed by atoms with Gasteiger partial charge in [0.25, 0.3) is 5.91 Å². The molecule has 2 rings (SSSR count). The monoisotopic (exact) mass is 384 g/mol. The lowest BCUT2D eigenvalue weighted by Crippen LogP contribution is -2.35. The van der Waals surface area contributed by atoms with Crippen LogP contribution in [0.4, 0.5) is 4.39 Å². The van der Waals surface area contributed by atoms with Crippen molar-refractivity contribution in [3.8, 4) is 5.75 Å². The van der Waals surface area contributed by atoms with Crippen LogP contribution in [0.25, 0.3) is 6.08 Å². The second-order valence-corrected chi connectivity index (χ2v) is 7.52. The molecule has 0 saturated heterocycles. The van der Waals surface area contributed by atoms with E-state index in [4.69, 9.17) is 10.5 Å². The Morgan fingerprint density at radius 3 is 2.25 bits per heavy atom. The topological polar surface area (TPSA) is 81.4 Å². The number of carbonyl (C=O) groups is 2. The number of nitrogens with one attached hydrogen (secondary N) is 1. The number of carbonyl (C=O) groups excluding carboxylic acids is 2. The van der Waals surface area contributed by atoms with Crippen LogP contribution in [-0.4, -0.2) is 18.4 Å². The maximum absolute atomic E-state index is 13.2. The Morgan fingerprint density at radius 2 is 1.71 bits per heavy atom. The van der Waals surface area contributed by atoms with Gasteiger partial charge in [0.2, 0.25) is 5.91 Å². The van der Waals surface area contributed by atoms with E-state index in [1.165, 1.54) is 18.2 Å². The fraction of sp³-hybridized carbons (Fsp3) is 0.273. The smallest absolute Gasteiger partial charge is 0.255 e. The summed E-state index contributed by atoms with van der Waals surface area (Å²) in [4.78, 5) is 23.1. The van der Waals surface area contributed by atoms with Gasteiger partial charge in [0, 0.05) is 6.08 Å². The summed E-state index contributed by atoms with van der Waals surface area (Å²) in [6.07, 6.45) is 3.12. The molecule has 148 valence electrons. The molecular formula is C22H25FN2O3. The molecule has 0 fully saturated rings. The number of nitrogens with two attached hydrogens (primary N) is 1. The predicted molar refractivity (Wildman–Crippen MR) is 107 cm³/mol. The summed E-state index contributed by atoms with van der Waals surface area (Å²) in [5.41, 5.74) is 6.42. The van der Waals surface area contributed by atoms with Crippen LogP contribution in [0, 0.1) is 11.2 Å². The van der Waals surface area contributed by atoms with E-state index in [-0.39, 0.29) is 29.8 Å². The van der Waals surface area contributed by atoms with Gasteiger partial charge in [-0.05, 0) is 46.9 Å². The zero-order chi connectivity index (χ0) is 20.7. The first-order valence-corrected chi connectivity index (χ1v) is 8.90. The van der Waals surface area contributed by atoms with Gasteiger partial charge in [-0.25, -0.2) is 4.39 Å². The molecule has 28 heavy (non-hydrogen) atoms. The summed E-state index contributed by atoms with van der Waals surface area (Å²) in [6, 6.07) is 12.8. The van der Waals surface area contributed by atoms with E-state index in [1.807, 2.05) is 20.8 Å².